The molecule has 0 unspecified atom stereocenters. The molecule has 1 aromatic heterocycles. The lowest BCUT2D eigenvalue weighted by atomic mass is 10.1. The van der Waals surface area contributed by atoms with Gasteiger partial charge in [-0.3, -0.25) is 0 Å². The third kappa shape index (κ3) is 3.94. The maximum Gasteiger partial charge on any atom is 0.378 e. The van der Waals surface area contributed by atoms with Crippen molar-refractivity contribution in [2.75, 3.05) is 13.2 Å². The number of aryl methyl sites for hydroxylation is 1. The zero-order valence-electron chi connectivity index (χ0n) is 11.8. The number of nitrogens with zero attached hydrogens (tertiary/aromatic N) is 1. The first kappa shape index (κ1) is 15.9. The Morgan fingerprint density at radius 2 is 1.90 bits per heavy atom. The van der Waals surface area contributed by atoms with Crippen LogP contribution in [0.4, 0.5) is 0 Å². The molecular weight excluding hydrogens is 262 g/mol. The van der Waals surface area contributed by atoms with Crippen LogP contribution in [0.5, 0.6) is 0 Å². The van der Waals surface area contributed by atoms with Crippen molar-refractivity contribution in [1.29, 1.82) is 0 Å². The zero-order chi connectivity index (χ0) is 15.0. The maximum absolute atomic E-state index is 11.9. The number of aromatic nitrogens is 1. The van der Waals surface area contributed by atoms with E-state index in [0.29, 0.717) is 12.1 Å². The monoisotopic (exact) mass is 281 g/mol. The second-order valence-corrected chi connectivity index (χ2v) is 3.96. The molecule has 1 rings (SSSR count). The Morgan fingerprint density at radius 1 is 1.25 bits per heavy atom. The fraction of sp³-hybridized carbons (Fsp3) is 0.500. The Hall–Kier alpha value is -2.11. The van der Waals surface area contributed by atoms with Gasteiger partial charge in [0.05, 0.1) is 18.9 Å². The maximum atomic E-state index is 11.9. The number of rotatable bonds is 8. The predicted molar refractivity (Wildman–Crippen MR) is 71.6 cm³/mol. The van der Waals surface area contributed by atoms with E-state index in [4.69, 9.17) is 14.0 Å². The number of hydrogen-bond acceptors (Lipinski definition) is 6. The molecule has 0 radical (unpaired) electrons. The summed E-state index contributed by atoms with van der Waals surface area (Å²) in [4.78, 5) is 23.7. The van der Waals surface area contributed by atoms with Crippen LogP contribution in [0.15, 0.2) is 17.2 Å². The third-order valence-corrected chi connectivity index (χ3v) is 2.52. The van der Waals surface area contributed by atoms with Crippen molar-refractivity contribution >= 4 is 11.9 Å². The Labute approximate surface area is 117 Å². The SMILES string of the molecule is C=CCCCc1noc(C(=O)OCC)c1C(=O)OCC. The van der Waals surface area contributed by atoms with Gasteiger partial charge in [0.15, 0.2) is 0 Å². The number of ether oxygens (including phenoxy) is 2. The highest BCUT2D eigenvalue weighted by atomic mass is 16.6. The molecule has 0 amide bonds. The number of hydrogen-bond donors (Lipinski definition) is 0. The number of carbonyl (C=O) groups excluding carboxylic acids is 2. The molecular formula is C14H19NO5. The van der Waals surface area contributed by atoms with Crippen LogP contribution in [-0.2, 0) is 15.9 Å². The first-order chi connectivity index (χ1) is 9.65. The van der Waals surface area contributed by atoms with Gasteiger partial charge >= 0.3 is 11.9 Å². The van der Waals surface area contributed by atoms with E-state index in [0.717, 1.165) is 12.8 Å². The number of allylic oxidation sites excluding steroid dienone is 1. The molecule has 0 aliphatic heterocycles. The van der Waals surface area contributed by atoms with E-state index >= 15 is 0 Å². The third-order valence-electron chi connectivity index (χ3n) is 2.52. The van der Waals surface area contributed by atoms with Gasteiger partial charge in [-0.2, -0.15) is 0 Å². The van der Waals surface area contributed by atoms with Crippen molar-refractivity contribution in [2.24, 2.45) is 0 Å². The molecule has 20 heavy (non-hydrogen) atoms. The average molecular weight is 281 g/mol. The zero-order valence-corrected chi connectivity index (χ0v) is 11.8. The van der Waals surface area contributed by atoms with Gasteiger partial charge in [-0.15, -0.1) is 6.58 Å². The van der Waals surface area contributed by atoms with Crippen molar-refractivity contribution in [3.8, 4) is 0 Å². The van der Waals surface area contributed by atoms with Gasteiger partial charge < -0.3 is 14.0 Å². The van der Waals surface area contributed by atoms with Gasteiger partial charge in [0.25, 0.3) is 5.76 Å². The summed E-state index contributed by atoms with van der Waals surface area (Å²) >= 11 is 0. The minimum absolute atomic E-state index is 0.0642. The number of esters is 2. The van der Waals surface area contributed by atoms with Crippen molar-refractivity contribution in [1.82, 2.24) is 5.16 Å². The first-order valence-corrected chi connectivity index (χ1v) is 6.59. The molecule has 0 spiro atoms. The minimum Gasteiger partial charge on any atom is -0.462 e. The van der Waals surface area contributed by atoms with E-state index in [1.54, 1.807) is 19.9 Å². The molecule has 0 aliphatic rings. The Kier molecular flexibility index (Phi) is 6.49. The lowest BCUT2D eigenvalue weighted by molar-refractivity contribution is 0.0445. The van der Waals surface area contributed by atoms with E-state index in [1.807, 2.05) is 0 Å². The highest BCUT2D eigenvalue weighted by Gasteiger charge is 2.29. The molecule has 0 bridgehead atoms. The largest absolute Gasteiger partial charge is 0.462 e. The van der Waals surface area contributed by atoms with E-state index in [2.05, 4.69) is 11.7 Å². The predicted octanol–water partition coefficient (Wildman–Crippen LogP) is 2.54. The van der Waals surface area contributed by atoms with Crippen LogP contribution < -0.4 is 0 Å². The topological polar surface area (TPSA) is 78.6 Å². The summed E-state index contributed by atoms with van der Waals surface area (Å²) in [6.45, 7) is 7.38. The summed E-state index contributed by atoms with van der Waals surface area (Å²) in [6.07, 6.45) is 3.81. The van der Waals surface area contributed by atoms with Crippen molar-refractivity contribution in [3.05, 3.63) is 29.7 Å². The molecule has 6 nitrogen and oxygen atoms in total. The van der Waals surface area contributed by atoms with Crippen LogP contribution in [0.1, 0.15) is 53.3 Å². The van der Waals surface area contributed by atoms with Crippen LogP contribution in [-0.4, -0.2) is 30.3 Å². The Balaban J connectivity index is 3.02. The lowest BCUT2D eigenvalue weighted by Gasteiger charge is -2.03. The van der Waals surface area contributed by atoms with E-state index in [-0.39, 0.29) is 24.5 Å². The van der Waals surface area contributed by atoms with Crippen LogP contribution in [0.3, 0.4) is 0 Å². The Morgan fingerprint density at radius 3 is 2.50 bits per heavy atom. The molecule has 1 aromatic rings. The summed E-state index contributed by atoms with van der Waals surface area (Å²) in [5.41, 5.74) is 0.475. The second kappa shape index (κ2) is 8.14. The molecule has 0 aromatic carbocycles. The van der Waals surface area contributed by atoms with Gasteiger partial charge in [-0.05, 0) is 33.1 Å². The Bertz CT molecular complexity index is 478. The smallest absolute Gasteiger partial charge is 0.378 e. The molecule has 0 fully saturated rings. The molecule has 1 heterocycles. The van der Waals surface area contributed by atoms with Gasteiger partial charge in [0, 0.05) is 0 Å². The summed E-state index contributed by atoms with van der Waals surface area (Å²) in [6, 6.07) is 0. The number of unbranched alkanes of at least 4 members (excludes halogenated alkanes) is 1. The fourth-order valence-corrected chi connectivity index (χ4v) is 1.66. The van der Waals surface area contributed by atoms with E-state index in [9.17, 15) is 9.59 Å². The van der Waals surface area contributed by atoms with Crippen LogP contribution in [0, 0.1) is 0 Å². The molecule has 0 aliphatic carbocycles. The van der Waals surface area contributed by atoms with Crippen LogP contribution >= 0.6 is 0 Å². The van der Waals surface area contributed by atoms with Gasteiger partial charge in [0.1, 0.15) is 5.56 Å². The summed E-state index contributed by atoms with van der Waals surface area (Å²) < 4.78 is 14.7. The minimum atomic E-state index is -0.710. The summed E-state index contributed by atoms with van der Waals surface area (Å²) in [5, 5.41) is 3.78. The van der Waals surface area contributed by atoms with Crippen molar-refractivity contribution < 1.29 is 23.6 Å². The van der Waals surface area contributed by atoms with Crippen LogP contribution in [0.25, 0.3) is 0 Å². The van der Waals surface area contributed by atoms with Gasteiger partial charge in [-0.1, -0.05) is 11.2 Å². The molecule has 0 N–H and O–H groups in total. The highest BCUT2D eigenvalue weighted by Crippen LogP contribution is 2.19. The summed E-state index contributed by atoms with van der Waals surface area (Å²) in [7, 11) is 0. The molecule has 0 saturated carbocycles. The number of carbonyl (C=O) groups is 2. The van der Waals surface area contributed by atoms with E-state index in [1.165, 1.54) is 0 Å². The van der Waals surface area contributed by atoms with Gasteiger partial charge in [0.2, 0.25) is 0 Å². The fourth-order valence-electron chi connectivity index (χ4n) is 1.66. The highest BCUT2D eigenvalue weighted by molar-refractivity contribution is 6.01. The first-order valence-electron chi connectivity index (χ1n) is 6.59. The van der Waals surface area contributed by atoms with Crippen molar-refractivity contribution in [3.63, 3.8) is 0 Å². The molecule has 0 saturated heterocycles. The molecule has 6 heteroatoms. The average Bonchev–Trinajstić information content (AvgIpc) is 2.83. The lowest BCUT2D eigenvalue weighted by Crippen LogP contribution is -2.13. The van der Waals surface area contributed by atoms with E-state index < -0.39 is 11.9 Å². The molecule has 110 valence electrons. The standard InChI is InChI=1S/C14H19NO5/c1-4-7-8-9-10-11(13(16)18-5-2)12(20-15-10)14(17)19-6-3/h4H,1,5-9H2,2-3H3. The van der Waals surface area contributed by atoms with Crippen molar-refractivity contribution in [2.45, 2.75) is 33.1 Å². The normalized spacial score (nSPS) is 10.1. The summed E-state index contributed by atoms with van der Waals surface area (Å²) in [5.74, 6) is -1.53. The molecule has 0 atom stereocenters. The second-order valence-electron chi connectivity index (χ2n) is 3.96. The quantitative estimate of drug-likeness (QED) is 0.414. The van der Waals surface area contributed by atoms with Gasteiger partial charge in [-0.25, -0.2) is 9.59 Å². The van der Waals surface area contributed by atoms with Crippen LogP contribution in [0.2, 0.25) is 0 Å².